The van der Waals surface area contributed by atoms with Crippen molar-refractivity contribution in [3.63, 3.8) is 0 Å². The standard InChI is InChI=1S/C8H18N3O/c1-7(2)12-6-5-8(3,4)10-11-9/h7,9H,5-6H2,1-4H3/q+1. The van der Waals surface area contributed by atoms with E-state index in [4.69, 9.17) is 10.3 Å². The Labute approximate surface area is 73.5 Å². The first kappa shape index (κ1) is 11.3. The van der Waals surface area contributed by atoms with Gasteiger partial charge in [-0.05, 0) is 27.7 Å². The number of hydrogen-bond acceptors (Lipinski definition) is 3. The minimum atomic E-state index is -0.267. The molecule has 0 aromatic rings. The van der Waals surface area contributed by atoms with Gasteiger partial charge in [0.15, 0.2) is 0 Å². The van der Waals surface area contributed by atoms with Gasteiger partial charge in [0, 0.05) is 13.0 Å². The van der Waals surface area contributed by atoms with Crippen molar-refractivity contribution in [2.24, 2.45) is 5.11 Å². The molecule has 4 heteroatoms. The largest absolute Gasteiger partial charge is 0.379 e. The molecule has 0 bridgehead atoms. The monoisotopic (exact) mass is 172 g/mol. The molecule has 0 amide bonds. The van der Waals surface area contributed by atoms with Gasteiger partial charge in [-0.15, -0.1) is 0 Å². The third kappa shape index (κ3) is 6.01. The molecule has 12 heavy (non-hydrogen) atoms. The molecule has 0 aliphatic rings. The molecule has 0 saturated heterocycles. The van der Waals surface area contributed by atoms with Gasteiger partial charge < -0.3 is 4.74 Å². The van der Waals surface area contributed by atoms with Gasteiger partial charge in [0.1, 0.15) is 16.2 Å². The molecule has 0 spiro atoms. The maximum atomic E-state index is 6.60. The summed E-state index contributed by atoms with van der Waals surface area (Å²) in [6.07, 6.45) is 1.06. The topological polar surface area (TPSA) is 59.5 Å². The molecular weight excluding hydrogens is 154 g/mol. The van der Waals surface area contributed by atoms with Crippen molar-refractivity contribution in [3.05, 3.63) is 0 Å². The zero-order chi connectivity index (χ0) is 9.61. The molecule has 0 aromatic carbocycles. The summed E-state index contributed by atoms with van der Waals surface area (Å²) in [5.41, 5.74) is 6.33. The Morgan fingerprint density at radius 2 is 2.08 bits per heavy atom. The lowest BCUT2D eigenvalue weighted by molar-refractivity contribution is 0.0674. The molecule has 0 saturated carbocycles. The molecule has 0 unspecified atom stereocenters. The normalized spacial score (nSPS) is 11.4. The summed E-state index contributed by atoms with van der Waals surface area (Å²) >= 11 is 0. The summed E-state index contributed by atoms with van der Waals surface area (Å²) in [7, 11) is 0. The number of nitrogens with zero attached hydrogens (tertiary/aromatic N) is 2. The van der Waals surface area contributed by atoms with Crippen LogP contribution in [0, 0.1) is 5.53 Å². The average Bonchev–Trinajstić information content (AvgIpc) is 1.85. The zero-order valence-electron chi connectivity index (χ0n) is 8.29. The van der Waals surface area contributed by atoms with Gasteiger partial charge in [-0.3, -0.25) is 0 Å². The summed E-state index contributed by atoms with van der Waals surface area (Å²) in [6, 6.07) is 0. The first-order valence-electron chi connectivity index (χ1n) is 4.18. The molecular formula is C8H18N3O+. The minimum absolute atomic E-state index is 0.258. The second-order valence-corrected chi connectivity index (χ2v) is 3.68. The summed E-state index contributed by atoms with van der Waals surface area (Å²) in [5, 5.41) is 3.77. The Morgan fingerprint density at radius 3 is 2.50 bits per heavy atom. The van der Waals surface area contributed by atoms with Crippen LogP contribution < -0.4 is 4.91 Å². The van der Waals surface area contributed by atoms with Crippen molar-refractivity contribution in [2.75, 3.05) is 6.61 Å². The molecule has 70 valence electrons. The second kappa shape index (κ2) is 5.01. The minimum Gasteiger partial charge on any atom is -0.379 e. The Bertz CT molecular complexity index is 171. The van der Waals surface area contributed by atoms with E-state index in [1.165, 1.54) is 0 Å². The Hall–Kier alpha value is -0.730. The van der Waals surface area contributed by atoms with Crippen molar-refractivity contribution >= 4 is 0 Å². The van der Waals surface area contributed by atoms with E-state index in [2.05, 4.69) is 10.0 Å². The van der Waals surface area contributed by atoms with Crippen molar-refractivity contribution < 1.29 is 4.74 Å². The molecule has 0 fully saturated rings. The lowest BCUT2D eigenvalue weighted by Crippen LogP contribution is -2.20. The Morgan fingerprint density at radius 1 is 1.50 bits per heavy atom. The van der Waals surface area contributed by atoms with E-state index < -0.39 is 0 Å². The van der Waals surface area contributed by atoms with Crippen LogP contribution in [0.5, 0.6) is 0 Å². The fourth-order valence-electron chi connectivity index (χ4n) is 0.730. The summed E-state index contributed by atoms with van der Waals surface area (Å²) in [5.74, 6) is 0. The molecule has 0 atom stereocenters. The molecule has 0 aromatic heterocycles. The van der Waals surface area contributed by atoms with Crippen LogP contribution in [0.2, 0.25) is 0 Å². The third-order valence-electron chi connectivity index (χ3n) is 1.49. The fraction of sp³-hybridized carbons (Fsp3) is 1.00. The third-order valence-corrected chi connectivity index (χ3v) is 1.49. The lowest BCUT2D eigenvalue weighted by Gasteiger charge is -2.13. The van der Waals surface area contributed by atoms with E-state index in [1.54, 1.807) is 0 Å². The van der Waals surface area contributed by atoms with Crippen molar-refractivity contribution in [2.45, 2.75) is 45.8 Å². The summed E-state index contributed by atoms with van der Waals surface area (Å²) < 4.78 is 5.36. The second-order valence-electron chi connectivity index (χ2n) is 3.68. The van der Waals surface area contributed by atoms with Crippen LogP contribution in [0.3, 0.4) is 0 Å². The quantitative estimate of drug-likeness (QED) is 0.501. The van der Waals surface area contributed by atoms with Crippen LogP contribution in [-0.4, -0.2) is 18.2 Å². The Balaban J connectivity index is 3.68. The highest BCUT2D eigenvalue weighted by molar-refractivity contribution is 4.73. The van der Waals surface area contributed by atoms with Gasteiger partial charge >= 0.3 is 0 Å². The average molecular weight is 172 g/mol. The maximum Gasteiger partial charge on any atom is 0.214 e. The molecule has 4 nitrogen and oxygen atoms in total. The van der Waals surface area contributed by atoms with Crippen LogP contribution in [0.4, 0.5) is 0 Å². The maximum absolute atomic E-state index is 6.60. The fourth-order valence-corrected chi connectivity index (χ4v) is 0.730. The first-order valence-corrected chi connectivity index (χ1v) is 4.18. The van der Waals surface area contributed by atoms with E-state index in [0.29, 0.717) is 6.61 Å². The van der Waals surface area contributed by atoms with Crippen LogP contribution in [0.15, 0.2) is 5.11 Å². The molecule has 0 aliphatic heterocycles. The van der Waals surface area contributed by atoms with Crippen molar-refractivity contribution in [1.29, 1.82) is 5.53 Å². The lowest BCUT2D eigenvalue weighted by atomic mass is 10.0. The highest BCUT2D eigenvalue weighted by Gasteiger charge is 2.22. The van der Waals surface area contributed by atoms with E-state index in [-0.39, 0.29) is 11.6 Å². The molecule has 0 heterocycles. The highest BCUT2D eigenvalue weighted by Crippen LogP contribution is 2.13. The molecule has 1 N–H and O–H groups in total. The van der Waals surface area contributed by atoms with Crippen LogP contribution in [-0.2, 0) is 4.74 Å². The van der Waals surface area contributed by atoms with E-state index in [0.717, 1.165) is 6.42 Å². The van der Waals surface area contributed by atoms with Crippen molar-refractivity contribution in [1.82, 2.24) is 4.91 Å². The zero-order valence-corrected chi connectivity index (χ0v) is 8.29. The summed E-state index contributed by atoms with van der Waals surface area (Å²) in [4.78, 5) is 3.02. The van der Waals surface area contributed by atoms with Gasteiger partial charge in [0.25, 0.3) is 0 Å². The van der Waals surface area contributed by atoms with E-state index in [9.17, 15) is 0 Å². The van der Waals surface area contributed by atoms with Gasteiger partial charge in [0.05, 0.1) is 6.10 Å². The smallest absolute Gasteiger partial charge is 0.214 e. The van der Waals surface area contributed by atoms with Crippen LogP contribution in [0.25, 0.3) is 0 Å². The van der Waals surface area contributed by atoms with Gasteiger partial charge in [-0.1, -0.05) is 0 Å². The highest BCUT2D eigenvalue weighted by atomic mass is 16.5. The van der Waals surface area contributed by atoms with Crippen LogP contribution in [0.1, 0.15) is 34.1 Å². The predicted molar refractivity (Wildman–Crippen MR) is 47.1 cm³/mol. The number of ether oxygens (including phenoxy) is 1. The molecule has 0 aliphatic carbocycles. The molecule has 0 rings (SSSR count). The van der Waals surface area contributed by atoms with Gasteiger partial charge in [-0.25, -0.2) is 0 Å². The predicted octanol–water partition coefficient (Wildman–Crippen LogP) is 2.13. The van der Waals surface area contributed by atoms with Gasteiger partial charge in [-0.2, -0.15) is 0 Å². The van der Waals surface area contributed by atoms with Crippen molar-refractivity contribution in [3.8, 4) is 0 Å². The van der Waals surface area contributed by atoms with E-state index >= 15 is 0 Å². The molecule has 0 radical (unpaired) electrons. The Kier molecular flexibility index (Phi) is 4.71. The van der Waals surface area contributed by atoms with E-state index in [1.807, 2.05) is 27.7 Å². The number of nitrogens with one attached hydrogen (secondary N) is 1. The number of rotatable bonds is 5. The first-order chi connectivity index (χ1) is 5.48. The van der Waals surface area contributed by atoms with Crippen LogP contribution >= 0.6 is 0 Å². The number of hydrogen-bond donors (Lipinski definition) is 1. The summed E-state index contributed by atoms with van der Waals surface area (Å²) in [6.45, 7) is 8.55. The SMILES string of the molecule is CC(C)OCCC(C)(C)N=[N+]=N. The van der Waals surface area contributed by atoms with Gasteiger partial charge in [0.2, 0.25) is 4.91 Å².